The minimum Gasteiger partial charge on any atom is -0.402 e. The average molecular weight is 410 g/mol. The predicted molar refractivity (Wildman–Crippen MR) is 105 cm³/mol. The highest BCUT2D eigenvalue weighted by atomic mass is 35.5. The molecule has 0 amide bonds. The Labute approximate surface area is 169 Å². The minimum absolute atomic E-state index is 0.00575. The quantitative estimate of drug-likeness (QED) is 0.270. The standard InChI is InChI=1S/C20H12ClN3O5/c1-11-17(18(23-29-11)14-7-2-3-8-15(14)21)19-22-16(20(25)28-19)10-12-5-4-6-13(9-12)24(26)27/h2-10H,1H3. The molecule has 0 saturated carbocycles. The summed E-state index contributed by atoms with van der Waals surface area (Å²) in [5.41, 5.74) is 1.78. The summed E-state index contributed by atoms with van der Waals surface area (Å²) in [5, 5.41) is 15.4. The molecule has 0 atom stereocenters. The molecule has 0 fully saturated rings. The lowest BCUT2D eigenvalue weighted by Gasteiger charge is -2.03. The first-order valence-electron chi connectivity index (χ1n) is 8.42. The molecule has 0 radical (unpaired) electrons. The van der Waals surface area contributed by atoms with Gasteiger partial charge in [0.05, 0.1) is 9.95 Å². The Kier molecular flexibility index (Phi) is 4.69. The van der Waals surface area contributed by atoms with Crippen LogP contribution in [0.5, 0.6) is 0 Å². The van der Waals surface area contributed by atoms with Gasteiger partial charge in [0.25, 0.3) is 5.69 Å². The summed E-state index contributed by atoms with van der Waals surface area (Å²) in [7, 11) is 0. The average Bonchev–Trinajstić information content (AvgIpc) is 3.25. The number of non-ortho nitro benzene ring substituents is 1. The molecule has 29 heavy (non-hydrogen) atoms. The van der Waals surface area contributed by atoms with Crippen LogP contribution in [0, 0.1) is 17.0 Å². The van der Waals surface area contributed by atoms with Gasteiger partial charge in [-0.15, -0.1) is 0 Å². The van der Waals surface area contributed by atoms with Crippen LogP contribution in [0.25, 0.3) is 17.3 Å². The smallest absolute Gasteiger partial charge is 0.363 e. The van der Waals surface area contributed by atoms with Crippen LogP contribution in [0.4, 0.5) is 5.69 Å². The molecule has 4 rings (SSSR count). The molecule has 8 nitrogen and oxygen atoms in total. The fourth-order valence-electron chi connectivity index (χ4n) is 2.86. The van der Waals surface area contributed by atoms with Crippen molar-refractivity contribution in [2.45, 2.75) is 6.92 Å². The van der Waals surface area contributed by atoms with Gasteiger partial charge >= 0.3 is 5.97 Å². The largest absolute Gasteiger partial charge is 0.402 e. The Balaban J connectivity index is 1.76. The normalized spacial score (nSPS) is 14.8. The van der Waals surface area contributed by atoms with Gasteiger partial charge in [0.2, 0.25) is 5.90 Å². The van der Waals surface area contributed by atoms with Gasteiger partial charge in [-0.05, 0) is 24.6 Å². The molecule has 0 bridgehead atoms. The van der Waals surface area contributed by atoms with Crippen LogP contribution >= 0.6 is 11.6 Å². The third-order valence-electron chi connectivity index (χ3n) is 4.21. The zero-order valence-corrected chi connectivity index (χ0v) is 15.7. The highest BCUT2D eigenvalue weighted by molar-refractivity contribution is 6.33. The summed E-state index contributed by atoms with van der Waals surface area (Å²) in [6.45, 7) is 1.67. The fourth-order valence-corrected chi connectivity index (χ4v) is 3.09. The zero-order chi connectivity index (χ0) is 20.5. The van der Waals surface area contributed by atoms with Gasteiger partial charge < -0.3 is 9.26 Å². The Morgan fingerprint density at radius 2 is 1.97 bits per heavy atom. The lowest BCUT2D eigenvalue weighted by atomic mass is 10.1. The summed E-state index contributed by atoms with van der Waals surface area (Å²) in [5.74, 6) is -0.249. The van der Waals surface area contributed by atoms with E-state index in [4.69, 9.17) is 20.9 Å². The number of esters is 1. The minimum atomic E-state index is -0.683. The Morgan fingerprint density at radius 1 is 1.17 bits per heavy atom. The lowest BCUT2D eigenvalue weighted by molar-refractivity contribution is -0.384. The number of aromatic nitrogens is 1. The number of hydrogen-bond acceptors (Lipinski definition) is 7. The maximum absolute atomic E-state index is 12.3. The molecule has 3 aromatic rings. The van der Waals surface area contributed by atoms with E-state index < -0.39 is 10.9 Å². The van der Waals surface area contributed by atoms with E-state index in [2.05, 4.69) is 10.1 Å². The van der Waals surface area contributed by atoms with Crippen molar-refractivity contribution < 1.29 is 19.0 Å². The zero-order valence-electron chi connectivity index (χ0n) is 15.0. The van der Waals surface area contributed by atoms with Crippen LogP contribution in [0.3, 0.4) is 0 Å². The predicted octanol–water partition coefficient (Wildman–Crippen LogP) is 4.56. The number of ether oxygens (including phenoxy) is 1. The van der Waals surface area contributed by atoms with Crippen LogP contribution in [0.1, 0.15) is 16.9 Å². The number of nitro benzene ring substituents is 1. The number of cyclic esters (lactones) is 1. The van der Waals surface area contributed by atoms with E-state index in [1.54, 1.807) is 37.3 Å². The van der Waals surface area contributed by atoms with Gasteiger partial charge in [-0.3, -0.25) is 10.1 Å². The van der Waals surface area contributed by atoms with Crippen LogP contribution in [0.2, 0.25) is 5.02 Å². The van der Waals surface area contributed by atoms with Gasteiger partial charge in [0, 0.05) is 17.7 Å². The van der Waals surface area contributed by atoms with E-state index in [0.29, 0.717) is 33.2 Å². The number of nitro groups is 1. The van der Waals surface area contributed by atoms with E-state index in [9.17, 15) is 14.9 Å². The molecule has 0 spiro atoms. The summed E-state index contributed by atoms with van der Waals surface area (Å²) in [6.07, 6.45) is 1.42. The lowest BCUT2D eigenvalue weighted by Crippen LogP contribution is -2.07. The van der Waals surface area contributed by atoms with Gasteiger partial charge in [-0.25, -0.2) is 9.79 Å². The molecular formula is C20H12ClN3O5. The van der Waals surface area contributed by atoms with E-state index in [0.717, 1.165) is 0 Å². The first-order chi connectivity index (χ1) is 13.9. The van der Waals surface area contributed by atoms with E-state index in [-0.39, 0.29) is 17.3 Å². The maximum Gasteiger partial charge on any atom is 0.363 e. The van der Waals surface area contributed by atoms with Crippen LogP contribution in [-0.2, 0) is 9.53 Å². The number of aliphatic imine (C=N–C) groups is 1. The molecule has 1 aliphatic heterocycles. The summed E-state index contributed by atoms with van der Waals surface area (Å²) in [6, 6.07) is 12.9. The first kappa shape index (κ1) is 18.6. The van der Waals surface area contributed by atoms with E-state index in [1.807, 2.05) is 0 Å². The fraction of sp³-hybridized carbons (Fsp3) is 0.0500. The van der Waals surface area contributed by atoms with Crippen molar-refractivity contribution in [2.24, 2.45) is 4.99 Å². The number of hydrogen-bond donors (Lipinski definition) is 0. The SMILES string of the molecule is Cc1onc(-c2ccccc2Cl)c1C1=NC(=Cc2cccc([N+](=O)[O-])c2)C(=O)O1. The van der Waals surface area contributed by atoms with E-state index >= 15 is 0 Å². The Hall–Kier alpha value is -3.78. The molecule has 0 saturated heterocycles. The van der Waals surface area contributed by atoms with Crippen LogP contribution < -0.4 is 0 Å². The van der Waals surface area contributed by atoms with Crippen molar-refractivity contribution >= 4 is 35.2 Å². The number of aryl methyl sites for hydroxylation is 1. The van der Waals surface area contributed by atoms with Gasteiger partial charge in [0.1, 0.15) is 17.0 Å². The summed E-state index contributed by atoms with van der Waals surface area (Å²) in [4.78, 5) is 27.0. The van der Waals surface area contributed by atoms with Crippen molar-refractivity contribution in [3.8, 4) is 11.3 Å². The van der Waals surface area contributed by atoms with E-state index in [1.165, 1.54) is 24.3 Å². The second kappa shape index (κ2) is 7.33. The van der Waals surface area contributed by atoms with Crippen molar-refractivity contribution in [3.05, 3.63) is 86.3 Å². The Morgan fingerprint density at radius 3 is 2.72 bits per heavy atom. The third kappa shape index (κ3) is 3.53. The Bertz CT molecular complexity index is 1210. The van der Waals surface area contributed by atoms with Gasteiger partial charge in [-0.1, -0.05) is 47.1 Å². The molecular weight excluding hydrogens is 398 g/mol. The highest BCUT2D eigenvalue weighted by Crippen LogP contribution is 2.33. The topological polar surface area (TPSA) is 108 Å². The van der Waals surface area contributed by atoms with Crippen molar-refractivity contribution in [1.82, 2.24) is 5.16 Å². The number of nitrogens with zero attached hydrogens (tertiary/aromatic N) is 3. The highest BCUT2D eigenvalue weighted by Gasteiger charge is 2.30. The number of carbonyl (C=O) groups excluding carboxylic acids is 1. The molecule has 2 heterocycles. The van der Waals surface area contributed by atoms with Crippen molar-refractivity contribution in [1.29, 1.82) is 0 Å². The second-order valence-electron chi connectivity index (χ2n) is 6.13. The van der Waals surface area contributed by atoms with Crippen LogP contribution in [0.15, 0.2) is 63.7 Å². The monoisotopic (exact) mass is 409 g/mol. The molecule has 0 aliphatic carbocycles. The maximum atomic E-state index is 12.3. The second-order valence-corrected chi connectivity index (χ2v) is 6.54. The molecule has 0 unspecified atom stereocenters. The molecule has 9 heteroatoms. The number of rotatable bonds is 4. The van der Waals surface area contributed by atoms with Crippen molar-refractivity contribution in [2.75, 3.05) is 0 Å². The van der Waals surface area contributed by atoms with Gasteiger partial charge in [0.15, 0.2) is 5.70 Å². The number of carbonyl (C=O) groups is 1. The van der Waals surface area contributed by atoms with Gasteiger partial charge in [-0.2, -0.15) is 0 Å². The summed E-state index contributed by atoms with van der Waals surface area (Å²) < 4.78 is 10.6. The third-order valence-corrected chi connectivity index (χ3v) is 4.54. The first-order valence-corrected chi connectivity index (χ1v) is 8.80. The molecule has 144 valence electrons. The molecule has 0 N–H and O–H groups in total. The van der Waals surface area contributed by atoms with Crippen molar-refractivity contribution in [3.63, 3.8) is 0 Å². The molecule has 1 aliphatic rings. The summed E-state index contributed by atoms with van der Waals surface area (Å²) >= 11 is 6.26. The number of halogens is 1. The molecule has 2 aromatic carbocycles. The molecule has 1 aromatic heterocycles. The number of benzene rings is 2. The van der Waals surface area contributed by atoms with Crippen LogP contribution in [-0.4, -0.2) is 21.9 Å².